The number of fused-ring (bicyclic) bond motifs is 1. The third kappa shape index (κ3) is 5.13. The Morgan fingerprint density at radius 1 is 1.18 bits per heavy atom. The second kappa shape index (κ2) is 10.3. The normalized spacial score (nSPS) is 22.8. The molecule has 0 aromatic heterocycles. The van der Waals surface area contributed by atoms with E-state index in [1.807, 2.05) is 86.5 Å². The minimum absolute atomic E-state index is 0.0613. The van der Waals surface area contributed by atoms with Gasteiger partial charge >= 0.3 is 0 Å². The lowest BCUT2D eigenvalue weighted by atomic mass is 9.72. The van der Waals surface area contributed by atoms with Crippen molar-refractivity contribution in [2.24, 2.45) is 22.1 Å². The molecule has 5 rings (SSSR count). The maximum atomic E-state index is 13.5. The van der Waals surface area contributed by atoms with Crippen LogP contribution in [0, 0.1) is 22.7 Å². The van der Waals surface area contributed by atoms with E-state index < -0.39 is 5.54 Å². The van der Waals surface area contributed by atoms with Crippen molar-refractivity contribution in [1.29, 1.82) is 5.26 Å². The molecule has 1 saturated heterocycles. The van der Waals surface area contributed by atoms with Crippen LogP contribution in [-0.4, -0.2) is 35.1 Å². The Morgan fingerprint density at radius 3 is 2.59 bits per heavy atom. The van der Waals surface area contributed by atoms with Crippen LogP contribution < -0.4 is 15.8 Å². The minimum atomic E-state index is -0.813. The summed E-state index contributed by atoms with van der Waals surface area (Å²) in [5.74, 6) is 1.70. The first-order chi connectivity index (χ1) is 18.7. The molecule has 0 bridgehead atoms. The number of hydrogen-bond donors (Lipinski definition) is 2. The van der Waals surface area contributed by atoms with Crippen molar-refractivity contribution in [3.63, 3.8) is 0 Å². The Kier molecular flexibility index (Phi) is 6.92. The van der Waals surface area contributed by atoms with Crippen molar-refractivity contribution >= 4 is 12.2 Å². The van der Waals surface area contributed by atoms with Crippen molar-refractivity contribution < 1.29 is 9.53 Å². The maximum Gasteiger partial charge on any atom is 0.264 e. The molecular formula is C31H34N6O2. The molecule has 3 aliphatic heterocycles. The molecule has 39 heavy (non-hydrogen) atoms. The molecule has 1 fully saturated rings. The minimum Gasteiger partial charge on any atom is -0.457 e. The molecule has 200 valence electrons. The van der Waals surface area contributed by atoms with E-state index in [4.69, 9.17) is 15.5 Å². The van der Waals surface area contributed by atoms with Crippen molar-refractivity contribution in [3.8, 4) is 17.6 Å². The number of carbonyl (C=O) groups is 1. The van der Waals surface area contributed by atoms with E-state index in [-0.39, 0.29) is 22.8 Å². The first-order valence-corrected chi connectivity index (χ1v) is 13.2. The van der Waals surface area contributed by atoms with Gasteiger partial charge in [-0.2, -0.15) is 5.26 Å². The number of aliphatic imine (C=N–C) groups is 1. The standard InChI is InChI=1S/C31H34N6O2/c1-30(2,3)18-22(19-32)29(38)36-16-7-8-24(20-36)31(27-28(33)34-15-17-37(27)21-35-31)23-11-13-26(14-12-23)39-25-9-5-4-6-10-25/h4-6,9-15,17-18,21,24,34H,7-8,16,20,33H2,1-3H3/b22-18-. The highest BCUT2D eigenvalue weighted by atomic mass is 16.5. The van der Waals surface area contributed by atoms with Crippen LogP contribution in [0.25, 0.3) is 0 Å². The molecule has 2 atom stereocenters. The molecule has 3 heterocycles. The SMILES string of the molecule is CC(C)(C)/C=C(/C#N)C(=O)N1CCCC(C2(c3ccc(Oc4ccccc4)cc3)N=CN3C=CNC(N)=C32)C1. The predicted molar refractivity (Wildman–Crippen MR) is 151 cm³/mol. The molecule has 8 nitrogen and oxygen atoms in total. The number of nitriles is 1. The zero-order valence-corrected chi connectivity index (χ0v) is 22.6. The van der Waals surface area contributed by atoms with E-state index >= 15 is 0 Å². The summed E-state index contributed by atoms with van der Waals surface area (Å²) in [6.45, 7) is 7.00. The molecule has 0 spiro atoms. The van der Waals surface area contributed by atoms with Crippen molar-refractivity contribution in [1.82, 2.24) is 15.1 Å². The average Bonchev–Trinajstić information content (AvgIpc) is 3.34. The third-order valence-electron chi connectivity index (χ3n) is 7.24. The quantitative estimate of drug-likeness (QED) is 0.425. The van der Waals surface area contributed by atoms with Crippen LogP contribution in [0.4, 0.5) is 0 Å². The number of benzene rings is 2. The molecule has 8 heteroatoms. The van der Waals surface area contributed by atoms with E-state index in [9.17, 15) is 10.1 Å². The highest BCUT2D eigenvalue weighted by Gasteiger charge is 2.51. The second-order valence-corrected chi connectivity index (χ2v) is 11.2. The molecule has 0 aliphatic carbocycles. The molecule has 2 aromatic rings. The van der Waals surface area contributed by atoms with Gasteiger partial charge in [0.2, 0.25) is 0 Å². The van der Waals surface area contributed by atoms with Gasteiger partial charge in [0, 0.05) is 31.4 Å². The number of amides is 1. The number of para-hydroxylation sites is 1. The Balaban J connectivity index is 1.50. The van der Waals surface area contributed by atoms with Gasteiger partial charge < -0.3 is 25.6 Å². The summed E-state index contributed by atoms with van der Waals surface area (Å²) in [5, 5.41) is 12.9. The van der Waals surface area contributed by atoms with Crippen LogP contribution in [0.1, 0.15) is 39.2 Å². The Morgan fingerprint density at radius 2 is 1.90 bits per heavy atom. The van der Waals surface area contributed by atoms with Gasteiger partial charge in [-0.05, 0) is 48.1 Å². The number of carbonyl (C=O) groups excluding carboxylic acids is 1. The van der Waals surface area contributed by atoms with E-state index in [0.717, 1.165) is 29.9 Å². The number of piperidine rings is 1. The summed E-state index contributed by atoms with van der Waals surface area (Å²) >= 11 is 0. The van der Waals surface area contributed by atoms with Crippen LogP contribution >= 0.6 is 0 Å². The van der Waals surface area contributed by atoms with Gasteiger partial charge in [-0.1, -0.05) is 57.2 Å². The van der Waals surface area contributed by atoms with E-state index in [2.05, 4.69) is 11.4 Å². The summed E-state index contributed by atoms with van der Waals surface area (Å²) in [7, 11) is 0. The number of nitrogens with two attached hydrogens (primary N) is 1. The van der Waals surface area contributed by atoms with E-state index in [1.54, 1.807) is 23.5 Å². The highest BCUT2D eigenvalue weighted by molar-refractivity contribution is 5.97. The van der Waals surface area contributed by atoms with Crippen LogP contribution in [0.15, 0.2) is 95.2 Å². The number of nitrogens with zero attached hydrogens (tertiary/aromatic N) is 4. The van der Waals surface area contributed by atoms with Crippen molar-refractivity contribution in [3.05, 3.63) is 95.7 Å². The number of rotatable bonds is 5. The summed E-state index contributed by atoms with van der Waals surface area (Å²) in [6.07, 6.45) is 8.89. The first-order valence-electron chi connectivity index (χ1n) is 13.2. The number of allylic oxidation sites excluding steroid dienone is 1. The van der Waals surface area contributed by atoms with E-state index in [0.29, 0.717) is 24.7 Å². The lowest BCUT2D eigenvalue weighted by Crippen LogP contribution is -2.50. The largest absolute Gasteiger partial charge is 0.457 e. The molecule has 3 N–H and O–H groups in total. The lowest BCUT2D eigenvalue weighted by Gasteiger charge is -2.44. The van der Waals surface area contributed by atoms with Crippen molar-refractivity contribution in [2.45, 2.75) is 39.2 Å². The molecule has 0 radical (unpaired) electrons. The number of hydrogen-bond acceptors (Lipinski definition) is 7. The van der Waals surface area contributed by atoms with E-state index in [1.165, 1.54) is 0 Å². The molecule has 2 aromatic carbocycles. The van der Waals surface area contributed by atoms with Gasteiger partial charge in [-0.15, -0.1) is 0 Å². The van der Waals surface area contributed by atoms with Gasteiger partial charge in [0.1, 0.15) is 34.5 Å². The van der Waals surface area contributed by atoms with Crippen LogP contribution in [0.5, 0.6) is 11.5 Å². The van der Waals surface area contributed by atoms with Gasteiger partial charge in [-0.3, -0.25) is 9.79 Å². The molecule has 0 saturated carbocycles. The van der Waals surface area contributed by atoms with Crippen LogP contribution in [-0.2, 0) is 10.3 Å². The summed E-state index contributed by atoms with van der Waals surface area (Å²) in [4.78, 5) is 22.3. The lowest BCUT2D eigenvalue weighted by molar-refractivity contribution is -0.129. The summed E-state index contributed by atoms with van der Waals surface area (Å²) in [6, 6.07) is 19.7. The van der Waals surface area contributed by atoms with Gasteiger partial charge in [-0.25, -0.2) is 0 Å². The fraction of sp³-hybridized carbons (Fsp3) is 0.323. The fourth-order valence-electron chi connectivity index (χ4n) is 5.60. The monoisotopic (exact) mass is 522 g/mol. The maximum absolute atomic E-state index is 13.5. The van der Waals surface area contributed by atoms with Crippen LogP contribution in [0.3, 0.4) is 0 Å². The fourth-order valence-corrected chi connectivity index (χ4v) is 5.60. The Bertz CT molecular complexity index is 1400. The molecule has 1 amide bonds. The number of ether oxygens (including phenoxy) is 1. The number of nitrogens with one attached hydrogen (secondary N) is 1. The Labute approximate surface area is 229 Å². The van der Waals surface area contributed by atoms with Crippen molar-refractivity contribution in [2.75, 3.05) is 13.1 Å². The zero-order valence-electron chi connectivity index (χ0n) is 22.6. The highest BCUT2D eigenvalue weighted by Crippen LogP contribution is 2.49. The number of likely N-dealkylation sites (tertiary alicyclic amines) is 1. The summed E-state index contributed by atoms with van der Waals surface area (Å²) < 4.78 is 6.03. The second-order valence-electron chi connectivity index (χ2n) is 11.2. The predicted octanol–water partition coefficient (Wildman–Crippen LogP) is 4.95. The molecule has 3 aliphatic rings. The third-order valence-corrected chi connectivity index (χ3v) is 7.24. The van der Waals surface area contributed by atoms with Crippen LogP contribution in [0.2, 0.25) is 0 Å². The average molecular weight is 523 g/mol. The van der Waals surface area contributed by atoms with Gasteiger partial charge in [0.25, 0.3) is 5.91 Å². The molecule has 2 unspecified atom stereocenters. The topological polar surface area (TPSA) is 107 Å². The Hall–Kier alpha value is -4.51. The molecular weight excluding hydrogens is 488 g/mol. The summed E-state index contributed by atoms with van der Waals surface area (Å²) in [5.41, 5.74) is 7.43. The first kappa shape index (κ1) is 26.1. The van der Waals surface area contributed by atoms with Gasteiger partial charge in [0.15, 0.2) is 0 Å². The van der Waals surface area contributed by atoms with Gasteiger partial charge in [0.05, 0.1) is 12.0 Å². The zero-order chi connectivity index (χ0) is 27.6. The smallest absolute Gasteiger partial charge is 0.264 e.